The van der Waals surface area contributed by atoms with Gasteiger partial charge < -0.3 is 5.73 Å². The summed E-state index contributed by atoms with van der Waals surface area (Å²) in [5.74, 6) is 0. The summed E-state index contributed by atoms with van der Waals surface area (Å²) in [6, 6.07) is 0.303. The first-order valence-corrected chi connectivity index (χ1v) is 6.98. The Hall–Kier alpha value is -0.560. The van der Waals surface area contributed by atoms with Gasteiger partial charge in [-0.05, 0) is 57.8 Å². The van der Waals surface area contributed by atoms with Gasteiger partial charge in [-0.1, -0.05) is 37.1 Å². The molecule has 1 aliphatic carbocycles. The van der Waals surface area contributed by atoms with Crippen LogP contribution in [0, 0.1) is 5.41 Å². The summed E-state index contributed by atoms with van der Waals surface area (Å²) in [5, 5.41) is 0. The number of hydrogen-bond donors (Lipinski definition) is 1. The molecule has 0 bridgehead atoms. The molecule has 98 valence electrons. The molecule has 1 atom stereocenters. The van der Waals surface area contributed by atoms with E-state index in [-0.39, 0.29) is 0 Å². The minimum atomic E-state index is 0.303. The van der Waals surface area contributed by atoms with Crippen LogP contribution in [-0.4, -0.2) is 6.04 Å². The standard InChI is InChI=1S/C16H29N/c1-5-14-9-11-16(3,4)10-8-13(2)6-7-15(17)12-14/h5-6,15H,7-12,17H2,1-4H3. The Labute approximate surface area is 107 Å². The van der Waals surface area contributed by atoms with Crippen LogP contribution >= 0.6 is 0 Å². The molecule has 2 N–H and O–H groups in total. The van der Waals surface area contributed by atoms with E-state index in [1.807, 2.05) is 0 Å². The van der Waals surface area contributed by atoms with Gasteiger partial charge in [-0.25, -0.2) is 0 Å². The van der Waals surface area contributed by atoms with E-state index in [9.17, 15) is 0 Å². The lowest BCUT2D eigenvalue weighted by Crippen LogP contribution is -2.20. The van der Waals surface area contributed by atoms with E-state index < -0.39 is 0 Å². The van der Waals surface area contributed by atoms with Gasteiger partial charge in [0.2, 0.25) is 0 Å². The highest BCUT2D eigenvalue weighted by molar-refractivity contribution is 5.07. The van der Waals surface area contributed by atoms with Crippen molar-refractivity contribution in [2.75, 3.05) is 0 Å². The van der Waals surface area contributed by atoms with E-state index in [0.29, 0.717) is 11.5 Å². The summed E-state index contributed by atoms with van der Waals surface area (Å²) in [5.41, 5.74) is 9.69. The molecule has 0 fully saturated rings. The summed E-state index contributed by atoms with van der Waals surface area (Å²) in [7, 11) is 0. The predicted octanol–water partition coefficient (Wildman–Crippen LogP) is 4.59. The lowest BCUT2D eigenvalue weighted by atomic mass is 9.81. The zero-order valence-corrected chi connectivity index (χ0v) is 12.1. The maximum Gasteiger partial charge on any atom is 0.0111 e. The molecule has 1 aliphatic rings. The molecule has 0 aliphatic heterocycles. The predicted molar refractivity (Wildman–Crippen MR) is 77.0 cm³/mol. The molecular weight excluding hydrogens is 206 g/mol. The summed E-state index contributed by atoms with van der Waals surface area (Å²) in [4.78, 5) is 0. The van der Waals surface area contributed by atoms with Gasteiger partial charge in [0.05, 0.1) is 0 Å². The molecule has 0 heterocycles. The van der Waals surface area contributed by atoms with Crippen LogP contribution in [0.25, 0.3) is 0 Å². The first kappa shape index (κ1) is 14.5. The third-order valence-corrected chi connectivity index (χ3v) is 4.02. The van der Waals surface area contributed by atoms with Gasteiger partial charge in [0.15, 0.2) is 0 Å². The van der Waals surface area contributed by atoms with Gasteiger partial charge >= 0.3 is 0 Å². The van der Waals surface area contributed by atoms with Crippen LogP contribution in [0.3, 0.4) is 0 Å². The van der Waals surface area contributed by atoms with Crippen molar-refractivity contribution in [2.24, 2.45) is 11.1 Å². The highest BCUT2D eigenvalue weighted by atomic mass is 14.6. The molecule has 0 saturated carbocycles. The molecule has 0 amide bonds. The zero-order valence-electron chi connectivity index (χ0n) is 12.1. The molecule has 0 aromatic carbocycles. The molecule has 0 saturated heterocycles. The molecule has 1 rings (SSSR count). The van der Waals surface area contributed by atoms with Crippen molar-refractivity contribution in [1.82, 2.24) is 0 Å². The number of hydrogen-bond acceptors (Lipinski definition) is 1. The van der Waals surface area contributed by atoms with Crippen LogP contribution in [0.5, 0.6) is 0 Å². The molecular formula is C16H29N. The van der Waals surface area contributed by atoms with Gasteiger partial charge in [0.25, 0.3) is 0 Å². The largest absolute Gasteiger partial charge is 0.327 e. The third kappa shape index (κ3) is 5.54. The Morgan fingerprint density at radius 2 is 1.94 bits per heavy atom. The first-order valence-electron chi connectivity index (χ1n) is 6.98. The first-order chi connectivity index (χ1) is 7.93. The highest BCUT2D eigenvalue weighted by Crippen LogP contribution is 2.33. The summed E-state index contributed by atoms with van der Waals surface area (Å²) in [6.07, 6.45) is 11.7. The van der Waals surface area contributed by atoms with Gasteiger partial charge in [-0.3, -0.25) is 0 Å². The van der Waals surface area contributed by atoms with Crippen molar-refractivity contribution in [3.8, 4) is 0 Å². The van der Waals surface area contributed by atoms with Crippen molar-refractivity contribution in [1.29, 1.82) is 0 Å². The zero-order chi connectivity index (χ0) is 12.9. The molecule has 0 aromatic heterocycles. The lowest BCUT2D eigenvalue weighted by Gasteiger charge is -2.25. The number of allylic oxidation sites excluding steroid dienone is 2. The molecule has 0 radical (unpaired) electrons. The second-order valence-corrected chi connectivity index (χ2v) is 6.36. The number of nitrogens with two attached hydrogens (primary N) is 1. The average molecular weight is 235 g/mol. The molecule has 1 unspecified atom stereocenters. The van der Waals surface area contributed by atoms with E-state index >= 15 is 0 Å². The monoisotopic (exact) mass is 235 g/mol. The van der Waals surface area contributed by atoms with Crippen LogP contribution in [0.15, 0.2) is 23.3 Å². The highest BCUT2D eigenvalue weighted by Gasteiger charge is 2.19. The van der Waals surface area contributed by atoms with Crippen molar-refractivity contribution in [3.05, 3.63) is 23.3 Å². The molecule has 0 spiro atoms. The van der Waals surface area contributed by atoms with Gasteiger partial charge in [-0.15, -0.1) is 0 Å². The fourth-order valence-electron chi connectivity index (χ4n) is 2.40. The quantitative estimate of drug-likeness (QED) is 0.611. The van der Waals surface area contributed by atoms with Crippen molar-refractivity contribution < 1.29 is 0 Å². The average Bonchev–Trinajstić information content (AvgIpc) is 2.30. The van der Waals surface area contributed by atoms with Crippen molar-refractivity contribution >= 4 is 0 Å². The normalized spacial score (nSPS) is 29.6. The Morgan fingerprint density at radius 3 is 2.59 bits per heavy atom. The van der Waals surface area contributed by atoms with Gasteiger partial charge in [0.1, 0.15) is 0 Å². The Kier molecular flexibility index (Phi) is 5.45. The molecule has 17 heavy (non-hydrogen) atoms. The van der Waals surface area contributed by atoms with E-state index in [2.05, 4.69) is 39.8 Å². The van der Waals surface area contributed by atoms with Crippen LogP contribution in [0.2, 0.25) is 0 Å². The van der Waals surface area contributed by atoms with E-state index in [4.69, 9.17) is 5.73 Å². The SMILES string of the molecule is CC=C1CCC(C)(C)CCC(C)=CCC(N)C1. The third-order valence-electron chi connectivity index (χ3n) is 4.02. The van der Waals surface area contributed by atoms with Crippen LogP contribution in [-0.2, 0) is 0 Å². The van der Waals surface area contributed by atoms with Gasteiger partial charge in [0, 0.05) is 6.04 Å². The smallest absolute Gasteiger partial charge is 0.0111 e. The van der Waals surface area contributed by atoms with E-state index in [1.54, 1.807) is 5.57 Å². The minimum Gasteiger partial charge on any atom is -0.327 e. The fourth-order valence-corrected chi connectivity index (χ4v) is 2.40. The second kappa shape index (κ2) is 6.39. The van der Waals surface area contributed by atoms with E-state index in [0.717, 1.165) is 12.8 Å². The minimum absolute atomic E-state index is 0.303. The molecule has 1 nitrogen and oxygen atoms in total. The fraction of sp³-hybridized carbons (Fsp3) is 0.750. The maximum atomic E-state index is 6.19. The molecule has 1 heteroatoms. The summed E-state index contributed by atoms with van der Waals surface area (Å²) < 4.78 is 0. The van der Waals surface area contributed by atoms with Gasteiger partial charge in [-0.2, -0.15) is 0 Å². The van der Waals surface area contributed by atoms with Crippen LogP contribution < -0.4 is 5.73 Å². The van der Waals surface area contributed by atoms with Crippen molar-refractivity contribution in [3.63, 3.8) is 0 Å². The van der Waals surface area contributed by atoms with Crippen LogP contribution in [0.4, 0.5) is 0 Å². The topological polar surface area (TPSA) is 26.0 Å². The summed E-state index contributed by atoms with van der Waals surface area (Å²) in [6.45, 7) is 9.18. The van der Waals surface area contributed by atoms with Crippen LogP contribution in [0.1, 0.15) is 66.2 Å². The lowest BCUT2D eigenvalue weighted by molar-refractivity contribution is 0.306. The Bertz CT molecular complexity index is 297. The second-order valence-electron chi connectivity index (χ2n) is 6.36. The maximum absolute atomic E-state index is 6.19. The Morgan fingerprint density at radius 1 is 1.29 bits per heavy atom. The number of rotatable bonds is 0. The van der Waals surface area contributed by atoms with E-state index in [1.165, 1.54) is 31.3 Å². The van der Waals surface area contributed by atoms with Crippen molar-refractivity contribution in [2.45, 2.75) is 72.3 Å². The molecule has 0 aromatic rings. The Balaban J connectivity index is 2.76. The summed E-state index contributed by atoms with van der Waals surface area (Å²) >= 11 is 0.